The number of rotatable bonds is 2. The molecule has 0 atom stereocenters. The number of ether oxygens (including phenoxy) is 1. The van der Waals surface area contributed by atoms with E-state index in [1.807, 2.05) is 0 Å². The van der Waals surface area contributed by atoms with Crippen molar-refractivity contribution in [3.63, 3.8) is 0 Å². The number of nitrogens with one attached hydrogen (secondary N) is 3. The van der Waals surface area contributed by atoms with Crippen LogP contribution in [0.2, 0.25) is 0 Å². The predicted octanol–water partition coefficient (Wildman–Crippen LogP) is 0.371. The van der Waals surface area contributed by atoms with E-state index >= 15 is 0 Å². The average Bonchev–Trinajstić information content (AvgIpc) is 2.42. The summed E-state index contributed by atoms with van der Waals surface area (Å²) in [7, 11) is 1.52. The number of benzene rings is 1. The quantitative estimate of drug-likeness (QED) is 0.542. The van der Waals surface area contributed by atoms with Crippen LogP contribution in [0, 0.1) is 0 Å². The van der Waals surface area contributed by atoms with Crippen molar-refractivity contribution in [2.45, 2.75) is 26.3 Å². The molecule has 0 aliphatic carbocycles. The van der Waals surface area contributed by atoms with E-state index in [1.165, 1.54) is 19.2 Å². The summed E-state index contributed by atoms with van der Waals surface area (Å²) in [5.41, 5.74) is 4.01. The van der Waals surface area contributed by atoms with Crippen LogP contribution in [-0.2, 0) is 9.59 Å². The molecule has 0 heterocycles. The van der Waals surface area contributed by atoms with E-state index in [-0.39, 0.29) is 0 Å². The Morgan fingerprint density at radius 1 is 0.952 bits per heavy atom. The first kappa shape index (κ1) is 16.5. The third kappa shape index (κ3) is 5.52. The molecule has 0 radical (unpaired) electrons. The van der Waals surface area contributed by atoms with Crippen molar-refractivity contribution >= 4 is 17.7 Å². The smallest absolute Gasteiger partial charge is 0.327 e. The molecule has 0 aliphatic heterocycles. The van der Waals surface area contributed by atoms with Crippen molar-refractivity contribution in [1.29, 1.82) is 0 Å². The van der Waals surface area contributed by atoms with Gasteiger partial charge < -0.3 is 10.1 Å². The molecule has 3 N–H and O–H groups in total. The molecule has 0 unspecified atom stereocenters. The van der Waals surface area contributed by atoms with E-state index in [9.17, 15) is 14.4 Å². The molecule has 0 aliphatic rings. The fourth-order valence-corrected chi connectivity index (χ4v) is 1.38. The van der Waals surface area contributed by atoms with Gasteiger partial charge in [0.2, 0.25) is 0 Å². The Kier molecular flexibility index (Phi) is 5.29. The second-order valence-electron chi connectivity index (χ2n) is 5.34. The molecule has 0 aromatic heterocycles. The zero-order chi connectivity index (χ0) is 16.0. The molecule has 1 rings (SSSR count). The molecule has 0 saturated carbocycles. The number of amides is 3. The van der Waals surface area contributed by atoms with Gasteiger partial charge in [0.1, 0.15) is 5.75 Å². The summed E-state index contributed by atoms with van der Waals surface area (Å²) < 4.78 is 4.97. The molecule has 1 aromatic carbocycles. The highest BCUT2D eigenvalue weighted by Crippen LogP contribution is 2.10. The molecule has 0 bridgehead atoms. The Morgan fingerprint density at radius 3 is 2.00 bits per heavy atom. The standard InChI is InChI=1S/C14H19N3O4/c1-14(2,3)15-12(19)13(20)17-16-11(18)9-5-7-10(21-4)8-6-9/h5-8H,1-4H3,(H,15,19)(H,16,18)(H,17,20). The zero-order valence-corrected chi connectivity index (χ0v) is 12.4. The minimum absolute atomic E-state index is 0.326. The molecule has 0 saturated heterocycles. The van der Waals surface area contributed by atoms with E-state index in [0.29, 0.717) is 11.3 Å². The van der Waals surface area contributed by atoms with Crippen molar-refractivity contribution < 1.29 is 19.1 Å². The largest absolute Gasteiger partial charge is 0.497 e. The summed E-state index contributed by atoms with van der Waals surface area (Å²) in [6.07, 6.45) is 0. The first-order valence-electron chi connectivity index (χ1n) is 6.30. The van der Waals surface area contributed by atoms with Crippen molar-refractivity contribution in [2.24, 2.45) is 0 Å². The van der Waals surface area contributed by atoms with Gasteiger partial charge in [-0.15, -0.1) is 0 Å². The second-order valence-corrected chi connectivity index (χ2v) is 5.34. The Bertz CT molecular complexity index is 532. The molecule has 114 valence electrons. The fraction of sp³-hybridized carbons (Fsp3) is 0.357. The molecule has 21 heavy (non-hydrogen) atoms. The number of hydrazine groups is 1. The highest BCUT2D eigenvalue weighted by atomic mass is 16.5. The maximum Gasteiger partial charge on any atom is 0.327 e. The van der Waals surface area contributed by atoms with Gasteiger partial charge in [-0.1, -0.05) is 0 Å². The molecule has 0 fully saturated rings. The number of methoxy groups -OCH3 is 1. The van der Waals surface area contributed by atoms with Crippen LogP contribution in [-0.4, -0.2) is 30.4 Å². The van der Waals surface area contributed by atoms with Crippen molar-refractivity contribution in [3.8, 4) is 5.75 Å². The zero-order valence-electron chi connectivity index (χ0n) is 12.4. The van der Waals surface area contributed by atoms with Gasteiger partial charge in [-0.05, 0) is 45.0 Å². The summed E-state index contributed by atoms with van der Waals surface area (Å²) in [6.45, 7) is 5.23. The highest BCUT2D eigenvalue weighted by Gasteiger charge is 2.20. The van der Waals surface area contributed by atoms with Gasteiger partial charge in [-0.3, -0.25) is 25.2 Å². The molecular weight excluding hydrogens is 274 g/mol. The van der Waals surface area contributed by atoms with E-state index in [0.717, 1.165) is 0 Å². The van der Waals surface area contributed by atoms with Crippen molar-refractivity contribution in [1.82, 2.24) is 16.2 Å². The average molecular weight is 293 g/mol. The monoisotopic (exact) mass is 293 g/mol. The SMILES string of the molecule is COc1ccc(C(=O)NNC(=O)C(=O)NC(C)(C)C)cc1. The first-order chi connectivity index (χ1) is 9.73. The summed E-state index contributed by atoms with van der Waals surface area (Å²) >= 11 is 0. The summed E-state index contributed by atoms with van der Waals surface area (Å²) in [4.78, 5) is 34.8. The topological polar surface area (TPSA) is 96.5 Å². The van der Waals surface area contributed by atoms with Gasteiger partial charge in [0, 0.05) is 11.1 Å². The summed E-state index contributed by atoms with van der Waals surface area (Å²) in [5.74, 6) is -1.68. The third-order valence-electron chi connectivity index (χ3n) is 2.34. The summed E-state index contributed by atoms with van der Waals surface area (Å²) in [5, 5.41) is 2.48. The lowest BCUT2D eigenvalue weighted by Crippen LogP contribution is -2.52. The van der Waals surface area contributed by atoms with Crippen LogP contribution in [0.15, 0.2) is 24.3 Å². The maximum atomic E-state index is 11.8. The van der Waals surface area contributed by atoms with Gasteiger partial charge in [0.05, 0.1) is 7.11 Å². The lowest BCUT2D eigenvalue weighted by atomic mass is 10.1. The van der Waals surface area contributed by atoms with E-state index in [2.05, 4.69) is 16.2 Å². The van der Waals surface area contributed by atoms with Crippen LogP contribution in [0.1, 0.15) is 31.1 Å². The second kappa shape index (κ2) is 6.74. The Morgan fingerprint density at radius 2 is 1.52 bits per heavy atom. The van der Waals surface area contributed by atoms with Crippen molar-refractivity contribution in [2.75, 3.05) is 7.11 Å². The molecule has 7 nitrogen and oxygen atoms in total. The van der Waals surface area contributed by atoms with Crippen LogP contribution in [0.25, 0.3) is 0 Å². The third-order valence-corrected chi connectivity index (χ3v) is 2.34. The molecule has 0 spiro atoms. The Labute approximate surface area is 123 Å². The van der Waals surface area contributed by atoms with Gasteiger partial charge >= 0.3 is 11.8 Å². The minimum Gasteiger partial charge on any atom is -0.497 e. The van der Waals surface area contributed by atoms with Gasteiger partial charge in [-0.25, -0.2) is 0 Å². The Hall–Kier alpha value is -2.57. The van der Waals surface area contributed by atoms with Crippen LogP contribution in [0.3, 0.4) is 0 Å². The first-order valence-corrected chi connectivity index (χ1v) is 6.30. The number of carbonyl (C=O) groups is 3. The lowest BCUT2D eigenvalue weighted by molar-refractivity contribution is -0.140. The Balaban J connectivity index is 2.52. The van der Waals surface area contributed by atoms with Gasteiger partial charge in [0.15, 0.2) is 0 Å². The van der Waals surface area contributed by atoms with Crippen LogP contribution >= 0.6 is 0 Å². The minimum atomic E-state index is -0.938. The normalized spacial score (nSPS) is 10.5. The molecular formula is C14H19N3O4. The predicted molar refractivity (Wildman–Crippen MR) is 76.5 cm³/mol. The number of carbonyl (C=O) groups excluding carboxylic acids is 3. The molecule has 7 heteroatoms. The summed E-state index contributed by atoms with van der Waals surface area (Å²) in [6, 6.07) is 6.30. The van der Waals surface area contributed by atoms with Gasteiger partial charge in [-0.2, -0.15) is 0 Å². The maximum absolute atomic E-state index is 11.8. The van der Waals surface area contributed by atoms with Crippen LogP contribution in [0.4, 0.5) is 0 Å². The number of hydrogen-bond acceptors (Lipinski definition) is 4. The highest BCUT2D eigenvalue weighted by molar-refractivity contribution is 6.35. The van der Waals surface area contributed by atoms with Gasteiger partial charge in [0.25, 0.3) is 5.91 Å². The molecule has 1 aromatic rings. The van der Waals surface area contributed by atoms with Crippen LogP contribution in [0.5, 0.6) is 5.75 Å². The van der Waals surface area contributed by atoms with Crippen LogP contribution < -0.4 is 20.9 Å². The number of hydrogen-bond donors (Lipinski definition) is 3. The fourth-order valence-electron chi connectivity index (χ4n) is 1.38. The van der Waals surface area contributed by atoms with E-state index in [4.69, 9.17) is 4.74 Å². The van der Waals surface area contributed by atoms with Crippen molar-refractivity contribution in [3.05, 3.63) is 29.8 Å². The van der Waals surface area contributed by atoms with E-state index in [1.54, 1.807) is 32.9 Å². The van der Waals surface area contributed by atoms with E-state index < -0.39 is 23.3 Å². The molecule has 3 amide bonds. The lowest BCUT2D eigenvalue weighted by Gasteiger charge is -2.19.